The average Bonchev–Trinajstić information content (AvgIpc) is 2.42. The maximum Gasteiger partial charge on any atom is 0.321 e. The fourth-order valence-electron chi connectivity index (χ4n) is 2.03. The molecule has 0 heterocycles. The number of sulfone groups is 1. The van der Waals surface area contributed by atoms with Gasteiger partial charge in [-0.25, -0.2) is 16.8 Å². The summed E-state index contributed by atoms with van der Waals surface area (Å²) in [5, 5.41) is 9.14. The quantitative estimate of drug-likeness (QED) is 0.707. The summed E-state index contributed by atoms with van der Waals surface area (Å²) in [5.41, 5.74) is 1.37. The minimum absolute atomic E-state index is 0.0206. The van der Waals surface area contributed by atoms with Gasteiger partial charge in [0.2, 0.25) is 10.0 Å². The predicted octanol–water partition coefficient (Wildman–Crippen LogP) is 0.860. The zero-order chi connectivity index (χ0) is 17.8. The highest BCUT2D eigenvalue weighted by molar-refractivity contribution is 7.91. The second-order valence-corrected chi connectivity index (χ2v) is 9.46. The van der Waals surface area contributed by atoms with Crippen molar-refractivity contribution in [1.82, 2.24) is 4.72 Å². The molecule has 1 atom stereocenters. The summed E-state index contributed by atoms with van der Waals surface area (Å²) in [6.45, 7) is 4.87. The molecule has 23 heavy (non-hydrogen) atoms. The molecule has 0 aromatic heterocycles. The van der Waals surface area contributed by atoms with E-state index in [9.17, 15) is 21.6 Å². The van der Waals surface area contributed by atoms with Crippen LogP contribution in [0.3, 0.4) is 0 Å². The van der Waals surface area contributed by atoms with Crippen LogP contribution in [0.15, 0.2) is 23.1 Å². The lowest BCUT2D eigenvalue weighted by molar-refractivity contribution is -0.139. The third kappa shape index (κ3) is 5.60. The molecule has 0 spiro atoms. The molecule has 0 radical (unpaired) electrons. The molecule has 0 amide bonds. The second kappa shape index (κ2) is 7.41. The first-order valence-corrected chi connectivity index (χ1v) is 10.3. The summed E-state index contributed by atoms with van der Waals surface area (Å²) in [6, 6.07) is 3.18. The summed E-state index contributed by atoms with van der Waals surface area (Å²) in [6.07, 6.45) is -0.324. The van der Waals surface area contributed by atoms with Crippen LogP contribution in [0.1, 0.15) is 24.5 Å². The predicted molar refractivity (Wildman–Crippen MR) is 86.6 cm³/mol. The lowest BCUT2D eigenvalue weighted by Crippen LogP contribution is -2.42. The molecule has 0 saturated heterocycles. The number of carboxylic acids is 1. The average molecular weight is 363 g/mol. The molecule has 1 unspecified atom stereocenters. The van der Waals surface area contributed by atoms with Crippen LogP contribution in [0.4, 0.5) is 0 Å². The number of aryl methyl sites for hydroxylation is 2. The SMILES string of the molecule is CCS(=O)(=O)CCC(NS(=O)(=O)c1ccc(C)cc1C)C(=O)O. The van der Waals surface area contributed by atoms with Crippen LogP contribution in [0.5, 0.6) is 0 Å². The van der Waals surface area contributed by atoms with E-state index >= 15 is 0 Å². The van der Waals surface area contributed by atoms with Crippen molar-refractivity contribution in [2.45, 2.75) is 38.1 Å². The van der Waals surface area contributed by atoms with Gasteiger partial charge in [0.1, 0.15) is 15.9 Å². The third-order valence-corrected chi connectivity index (χ3v) is 6.74. The highest BCUT2D eigenvalue weighted by Gasteiger charge is 2.27. The maximum absolute atomic E-state index is 12.3. The number of nitrogens with one attached hydrogen (secondary N) is 1. The molecule has 0 saturated carbocycles. The van der Waals surface area contributed by atoms with Gasteiger partial charge in [-0.1, -0.05) is 24.6 Å². The molecule has 1 aromatic carbocycles. The fraction of sp³-hybridized carbons (Fsp3) is 0.500. The summed E-state index contributed by atoms with van der Waals surface area (Å²) in [5.74, 6) is -1.93. The van der Waals surface area contributed by atoms with Crippen LogP contribution < -0.4 is 4.72 Å². The van der Waals surface area contributed by atoms with Crippen molar-refractivity contribution in [3.05, 3.63) is 29.3 Å². The molecule has 2 N–H and O–H groups in total. The van der Waals surface area contributed by atoms with Gasteiger partial charge in [0.15, 0.2) is 0 Å². The van der Waals surface area contributed by atoms with Gasteiger partial charge in [0.25, 0.3) is 0 Å². The number of sulfonamides is 1. The number of rotatable bonds is 8. The first-order valence-electron chi connectivity index (χ1n) is 7.01. The van der Waals surface area contributed by atoms with Gasteiger partial charge in [0.05, 0.1) is 10.6 Å². The first-order chi connectivity index (χ1) is 10.5. The van der Waals surface area contributed by atoms with E-state index in [-0.39, 0.29) is 17.1 Å². The van der Waals surface area contributed by atoms with Gasteiger partial charge in [-0.05, 0) is 31.9 Å². The Morgan fingerprint density at radius 3 is 2.30 bits per heavy atom. The number of carbonyl (C=O) groups is 1. The fourth-order valence-corrected chi connectivity index (χ4v) is 4.36. The first kappa shape index (κ1) is 19.6. The molecule has 1 rings (SSSR count). The Kier molecular flexibility index (Phi) is 6.32. The number of aliphatic carboxylic acids is 1. The van der Waals surface area contributed by atoms with E-state index in [0.717, 1.165) is 5.56 Å². The Hall–Kier alpha value is -1.45. The molecule has 0 fully saturated rings. The molecule has 0 bridgehead atoms. The normalized spacial score (nSPS) is 13.7. The lowest BCUT2D eigenvalue weighted by atomic mass is 10.2. The van der Waals surface area contributed by atoms with Crippen LogP contribution in [0, 0.1) is 13.8 Å². The summed E-state index contributed by atoms with van der Waals surface area (Å²) in [7, 11) is -7.43. The molecule has 0 aliphatic rings. The second-order valence-electron chi connectivity index (χ2n) is 5.31. The Bertz CT molecular complexity index is 783. The number of hydrogen-bond donors (Lipinski definition) is 2. The van der Waals surface area contributed by atoms with E-state index in [1.807, 2.05) is 6.92 Å². The standard InChI is InChI=1S/C14H21NO6S2/c1-4-22(18,19)8-7-12(14(16)17)15-23(20,21)13-6-5-10(2)9-11(13)3/h5-6,9,12,15H,4,7-8H2,1-3H3,(H,16,17). The highest BCUT2D eigenvalue weighted by atomic mass is 32.2. The third-order valence-electron chi connectivity index (χ3n) is 3.37. The van der Waals surface area contributed by atoms with E-state index < -0.39 is 37.6 Å². The van der Waals surface area contributed by atoms with Crippen molar-refractivity contribution in [3.8, 4) is 0 Å². The van der Waals surface area contributed by atoms with E-state index in [0.29, 0.717) is 5.56 Å². The van der Waals surface area contributed by atoms with Crippen molar-refractivity contribution >= 4 is 25.8 Å². The van der Waals surface area contributed by atoms with Gasteiger partial charge >= 0.3 is 5.97 Å². The Morgan fingerprint density at radius 1 is 1.22 bits per heavy atom. The maximum atomic E-state index is 12.3. The van der Waals surface area contributed by atoms with Crippen molar-refractivity contribution in [1.29, 1.82) is 0 Å². The smallest absolute Gasteiger partial charge is 0.321 e. The van der Waals surface area contributed by atoms with Gasteiger partial charge in [-0.3, -0.25) is 4.79 Å². The number of benzene rings is 1. The van der Waals surface area contributed by atoms with Crippen molar-refractivity contribution < 1.29 is 26.7 Å². The zero-order valence-electron chi connectivity index (χ0n) is 13.2. The van der Waals surface area contributed by atoms with Crippen molar-refractivity contribution in [2.24, 2.45) is 0 Å². The van der Waals surface area contributed by atoms with Crippen LogP contribution in [0.2, 0.25) is 0 Å². The molecule has 7 nitrogen and oxygen atoms in total. The molecule has 0 aliphatic carbocycles. The molecule has 130 valence electrons. The minimum Gasteiger partial charge on any atom is -0.480 e. The van der Waals surface area contributed by atoms with Crippen LogP contribution in [-0.4, -0.2) is 45.5 Å². The molecule has 9 heteroatoms. The van der Waals surface area contributed by atoms with Crippen molar-refractivity contribution in [3.63, 3.8) is 0 Å². The largest absolute Gasteiger partial charge is 0.480 e. The van der Waals surface area contributed by atoms with Crippen molar-refractivity contribution in [2.75, 3.05) is 11.5 Å². The van der Waals surface area contributed by atoms with Gasteiger partial charge in [-0.15, -0.1) is 0 Å². The summed E-state index contributed by atoms with van der Waals surface area (Å²) >= 11 is 0. The molecular weight excluding hydrogens is 342 g/mol. The highest BCUT2D eigenvalue weighted by Crippen LogP contribution is 2.17. The van der Waals surface area contributed by atoms with Crippen LogP contribution in [-0.2, 0) is 24.7 Å². The Labute approximate surface area is 136 Å². The van der Waals surface area contributed by atoms with Gasteiger partial charge in [0, 0.05) is 5.75 Å². The topological polar surface area (TPSA) is 118 Å². The Morgan fingerprint density at radius 2 is 1.83 bits per heavy atom. The zero-order valence-corrected chi connectivity index (χ0v) is 14.9. The van der Waals surface area contributed by atoms with E-state index in [1.165, 1.54) is 13.0 Å². The molecular formula is C14H21NO6S2. The van der Waals surface area contributed by atoms with Gasteiger partial charge in [-0.2, -0.15) is 4.72 Å². The number of carboxylic acid groups (broad SMARTS) is 1. The summed E-state index contributed by atoms with van der Waals surface area (Å²) < 4.78 is 49.7. The van der Waals surface area contributed by atoms with Crippen LogP contribution >= 0.6 is 0 Å². The Balaban J connectivity index is 3.01. The lowest BCUT2D eigenvalue weighted by Gasteiger charge is -2.16. The summed E-state index contributed by atoms with van der Waals surface area (Å²) in [4.78, 5) is 11.2. The van der Waals surface area contributed by atoms with Crippen LogP contribution in [0.25, 0.3) is 0 Å². The van der Waals surface area contributed by atoms with E-state index in [1.54, 1.807) is 19.1 Å². The van der Waals surface area contributed by atoms with E-state index in [4.69, 9.17) is 5.11 Å². The minimum atomic E-state index is -4.05. The molecule has 1 aromatic rings. The monoisotopic (exact) mass is 363 g/mol. The molecule has 0 aliphatic heterocycles. The van der Waals surface area contributed by atoms with Gasteiger partial charge < -0.3 is 5.11 Å². The van der Waals surface area contributed by atoms with E-state index in [2.05, 4.69) is 4.72 Å². The number of hydrogen-bond acceptors (Lipinski definition) is 5.